The second kappa shape index (κ2) is 6.13. The first-order chi connectivity index (χ1) is 10.0. The van der Waals surface area contributed by atoms with Gasteiger partial charge in [-0.05, 0) is 36.8 Å². The highest BCUT2D eigenvalue weighted by molar-refractivity contribution is 5.95. The summed E-state index contributed by atoms with van der Waals surface area (Å²) in [6.45, 7) is 2.32. The Balaban J connectivity index is 2.10. The normalized spacial score (nSPS) is 10.2. The number of aromatic amines is 1. The maximum absolute atomic E-state index is 11.3. The molecule has 0 fully saturated rings. The van der Waals surface area contributed by atoms with E-state index in [0.717, 1.165) is 16.9 Å². The number of carbonyl (C=O) groups is 2. The quantitative estimate of drug-likeness (QED) is 0.731. The van der Waals surface area contributed by atoms with Crippen molar-refractivity contribution < 1.29 is 14.3 Å². The van der Waals surface area contributed by atoms with Crippen LogP contribution in [0.3, 0.4) is 0 Å². The topological polar surface area (TPSA) is 97.2 Å². The molecular formula is C15H17N3O3. The van der Waals surface area contributed by atoms with Gasteiger partial charge in [-0.15, -0.1) is 0 Å². The molecule has 0 aliphatic rings. The van der Waals surface area contributed by atoms with Gasteiger partial charge in [-0.25, -0.2) is 4.79 Å². The fourth-order valence-corrected chi connectivity index (χ4v) is 2.06. The van der Waals surface area contributed by atoms with Crippen LogP contribution >= 0.6 is 0 Å². The second-order valence-corrected chi connectivity index (χ2v) is 4.58. The van der Waals surface area contributed by atoms with Crippen LogP contribution in [0.4, 0.5) is 5.69 Å². The zero-order valence-corrected chi connectivity index (χ0v) is 11.9. The number of benzene rings is 1. The number of anilines is 1. The fourth-order valence-electron chi connectivity index (χ4n) is 2.06. The SMILES string of the molecule is COC(=O)c1ccc(CNc2cccc(C(N)=O)c2C)[nH]1. The van der Waals surface area contributed by atoms with Crippen LogP contribution in [0.5, 0.6) is 0 Å². The summed E-state index contributed by atoms with van der Waals surface area (Å²) in [4.78, 5) is 25.6. The van der Waals surface area contributed by atoms with Gasteiger partial charge < -0.3 is 20.8 Å². The molecule has 0 atom stereocenters. The van der Waals surface area contributed by atoms with E-state index in [1.165, 1.54) is 7.11 Å². The van der Waals surface area contributed by atoms with Gasteiger partial charge in [0.05, 0.1) is 13.7 Å². The third kappa shape index (κ3) is 3.22. The lowest BCUT2D eigenvalue weighted by molar-refractivity contribution is 0.0594. The Morgan fingerprint density at radius 1 is 1.29 bits per heavy atom. The lowest BCUT2D eigenvalue weighted by atomic mass is 10.1. The zero-order chi connectivity index (χ0) is 15.4. The molecule has 1 heterocycles. The van der Waals surface area contributed by atoms with E-state index in [1.54, 1.807) is 24.3 Å². The second-order valence-electron chi connectivity index (χ2n) is 4.58. The average molecular weight is 287 g/mol. The number of carbonyl (C=O) groups excluding carboxylic acids is 2. The molecule has 4 N–H and O–H groups in total. The van der Waals surface area contributed by atoms with Gasteiger partial charge in [-0.3, -0.25) is 4.79 Å². The maximum atomic E-state index is 11.3. The zero-order valence-electron chi connectivity index (χ0n) is 11.9. The van der Waals surface area contributed by atoms with Crippen molar-refractivity contribution in [3.8, 4) is 0 Å². The summed E-state index contributed by atoms with van der Waals surface area (Å²) in [7, 11) is 1.33. The van der Waals surface area contributed by atoms with E-state index in [-0.39, 0.29) is 0 Å². The van der Waals surface area contributed by atoms with Gasteiger partial charge in [-0.2, -0.15) is 0 Å². The van der Waals surface area contributed by atoms with Crippen molar-refractivity contribution in [1.82, 2.24) is 4.98 Å². The van der Waals surface area contributed by atoms with Gasteiger partial charge in [-0.1, -0.05) is 6.07 Å². The number of hydrogen-bond donors (Lipinski definition) is 3. The lowest BCUT2D eigenvalue weighted by Crippen LogP contribution is -2.14. The number of hydrogen-bond acceptors (Lipinski definition) is 4. The molecule has 1 aromatic heterocycles. The minimum absolute atomic E-state index is 0.400. The first-order valence-electron chi connectivity index (χ1n) is 6.42. The van der Waals surface area contributed by atoms with Crippen molar-refractivity contribution in [3.63, 3.8) is 0 Å². The molecule has 0 saturated carbocycles. The summed E-state index contributed by atoms with van der Waals surface area (Å²) in [5.74, 6) is -0.864. The number of nitrogens with one attached hydrogen (secondary N) is 2. The first-order valence-corrected chi connectivity index (χ1v) is 6.42. The molecule has 6 nitrogen and oxygen atoms in total. The van der Waals surface area contributed by atoms with E-state index in [4.69, 9.17) is 5.73 Å². The number of esters is 1. The average Bonchev–Trinajstić information content (AvgIpc) is 2.94. The molecular weight excluding hydrogens is 270 g/mol. The Kier molecular flexibility index (Phi) is 4.27. The Morgan fingerprint density at radius 2 is 2.05 bits per heavy atom. The molecule has 0 aliphatic carbocycles. The molecule has 110 valence electrons. The Bertz CT molecular complexity index is 677. The number of H-pyrrole nitrogens is 1. The number of amides is 1. The minimum Gasteiger partial charge on any atom is -0.464 e. The fraction of sp³-hybridized carbons (Fsp3) is 0.200. The molecule has 0 spiro atoms. The van der Waals surface area contributed by atoms with Gasteiger partial charge in [0.2, 0.25) is 5.91 Å². The van der Waals surface area contributed by atoms with Crippen LogP contribution in [0.15, 0.2) is 30.3 Å². The molecule has 0 bridgehead atoms. The maximum Gasteiger partial charge on any atom is 0.354 e. The smallest absolute Gasteiger partial charge is 0.354 e. The molecule has 2 aromatic rings. The highest BCUT2D eigenvalue weighted by Gasteiger charge is 2.10. The lowest BCUT2D eigenvalue weighted by Gasteiger charge is -2.11. The number of nitrogens with two attached hydrogens (primary N) is 1. The standard InChI is InChI=1S/C15H17N3O3/c1-9-11(14(16)19)4-3-5-12(9)17-8-10-6-7-13(18-10)15(20)21-2/h3-7,17-18H,8H2,1-2H3,(H2,16,19). The third-order valence-corrected chi connectivity index (χ3v) is 3.22. The van der Waals surface area contributed by atoms with E-state index in [2.05, 4.69) is 15.0 Å². The van der Waals surface area contributed by atoms with Crippen molar-refractivity contribution in [1.29, 1.82) is 0 Å². The number of aromatic nitrogens is 1. The minimum atomic E-state index is -0.455. The van der Waals surface area contributed by atoms with Gasteiger partial charge in [0.1, 0.15) is 5.69 Å². The summed E-state index contributed by atoms with van der Waals surface area (Å²) in [5, 5.41) is 3.20. The van der Waals surface area contributed by atoms with Crippen LogP contribution in [0.25, 0.3) is 0 Å². The highest BCUT2D eigenvalue weighted by Crippen LogP contribution is 2.19. The highest BCUT2D eigenvalue weighted by atomic mass is 16.5. The van der Waals surface area contributed by atoms with Gasteiger partial charge in [0.15, 0.2) is 0 Å². The number of ether oxygens (including phenoxy) is 1. The molecule has 0 saturated heterocycles. The van der Waals surface area contributed by atoms with Gasteiger partial charge in [0.25, 0.3) is 0 Å². The first kappa shape index (κ1) is 14.6. The molecule has 21 heavy (non-hydrogen) atoms. The summed E-state index contributed by atoms with van der Waals surface area (Å²) >= 11 is 0. The summed E-state index contributed by atoms with van der Waals surface area (Å²) in [6.07, 6.45) is 0. The van der Waals surface area contributed by atoms with Crippen molar-refractivity contribution in [2.24, 2.45) is 5.73 Å². The van der Waals surface area contributed by atoms with E-state index in [9.17, 15) is 9.59 Å². The Labute approximate surface area is 122 Å². The number of primary amides is 1. The summed E-state index contributed by atoms with van der Waals surface area (Å²) in [6, 6.07) is 8.78. The van der Waals surface area contributed by atoms with Crippen LogP contribution in [-0.2, 0) is 11.3 Å². The van der Waals surface area contributed by atoms with Crippen molar-refractivity contribution in [2.75, 3.05) is 12.4 Å². The molecule has 0 unspecified atom stereocenters. The van der Waals surface area contributed by atoms with Crippen LogP contribution < -0.4 is 11.1 Å². The van der Waals surface area contributed by atoms with Crippen LogP contribution in [0, 0.1) is 6.92 Å². The predicted molar refractivity (Wildman–Crippen MR) is 79.2 cm³/mol. The van der Waals surface area contributed by atoms with Crippen LogP contribution in [-0.4, -0.2) is 24.0 Å². The van der Waals surface area contributed by atoms with E-state index in [0.29, 0.717) is 17.8 Å². The summed E-state index contributed by atoms with van der Waals surface area (Å²) < 4.78 is 4.63. The van der Waals surface area contributed by atoms with Crippen molar-refractivity contribution >= 4 is 17.6 Å². The van der Waals surface area contributed by atoms with Gasteiger partial charge in [0, 0.05) is 16.9 Å². The van der Waals surface area contributed by atoms with Crippen LogP contribution in [0.2, 0.25) is 0 Å². The Morgan fingerprint density at radius 3 is 2.71 bits per heavy atom. The molecule has 6 heteroatoms. The van der Waals surface area contributed by atoms with E-state index >= 15 is 0 Å². The van der Waals surface area contributed by atoms with E-state index < -0.39 is 11.9 Å². The largest absolute Gasteiger partial charge is 0.464 e. The molecule has 1 amide bonds. The number of methoxy groups -OCH3 is 1. The van der Waals surface area contributed by atoms with Crippen LogP contribution in [0.1, 0.15) is 32.1 Å². The number of rotatable bonds is 5. The Hall–Kier alpha value is -2.76. The van der Waals surface area contributed by atoms with Crippen molar-refractivity contribution in [2.45, 2.75) is 13.5 Å². The molecule has 0 aliphatic heterocycles. The third-order valence-electron chi connectivity index (χ3n) is 3.22. The van der Waals surface area contributed by atoms with E-state index in [1.807, 2.05) is 13.0 Å². The molecule has 2 rings (SSSR count). The van der Waals surface area contributed by atoms with Crippen molar-refractivity contribution in [3.05, 3.63) is 52.8 Å². The predicted octanol–water partition coefficient (Wildman–Crippen LogP) is 1.82. The monoisotopic (exact) mass is 287 g/mol. The van der Waals surface area contributed by atoms with Gasteiger partial charge >= 0.3 is 5.97 Å². The summed E-state index contributed by atoms with van der Waals surface area (Å²) in [5.41, 5.74) is 8.65. The molecule has 1 aromatic carbocycles. The molecule has 0 radical (unpaired) electrons.